The molecule has 1 atom stereocenters. The van der Waals surface area contributed by atoms with E-state index in [1.54, 1.807) is 0 Å². The van der Waals surface area contributed by atoms with E-state index < -0.39 is 0 Å². The van der Waals surface area contributed by atoms with E-state index in [9.17, 15) is 4.39 Å². The number of rotatable bonds is 5. The molecule has 0 bridgehead atoms. The monoisotopic (exact) mass is 314 g/mol. The van der Waals surface area contributed by atoms with E-state index in [-0.39, 0.29) is 5.82 Å². The number of nitrogens with zero attached hydrogens (tertiary/aromatic N) is 1. The van der Waals surface area contributed by atoms with E-state index in [1.807, 2.05) is 6.07 Å². The molecule has 1 aliphatic heterocycles. The maximum absolute atomic E-state index is 13.0. The van der Waals surface area contributed by atoms with Crippen LogP contribution >= 0.6 is 15.9 Å². The zero-order chi connectivity index (χ0) is 13.0. The van der Waals surface area contributed by atoms with Gasteiger partial charge in [0.25, 0.3) is 0 Å². The Morgan fingerprint density at radius 2 is 2.33 bits per heavy atom. The number of nitrogens with one attached hydrogen (secondary N) is 1. The van der Waals surface area contributed by atoms with Crippen molar-refractivity contribution in [3.05, 3.63) is 34.1 Å². The Bertz CT molecular complexity index is 391. The molecular weight excluding hydrogens is 295 g/mol. The fourth-order valence-electron chi connectivity index (χ4n) is 2.42. The lowest BCUT2D eigenvalue weighted by molar-refractivity contribution is 0.253. The molecule has 0 aromatic heterocycles. The average molecular weight is 315 g/mol. The van der Waals surface area contributed by atoms with Crippen molar-refractivity contribution in [1.29, 1.82) is 0 Å². The van der Waals surface area contributed by atoms with E-state index >= 15 is 0 Å². The number of likely N-dealkylation sites (N-methyl/N-ethyl adjacent to an activating group) is 1. The highest BCUT2D eigenvalue weighted by Crippen LogP contribution is 2.20. The van der Waals surface area contributed by atoms with Crippen molar-refractivity contribution in [1.82, 2.24) is 10.2 Å². The summed E-state index contributed by atoms with van der Waals surface area (Å²) in [5, 5.41) is 3.52. The van der Waals surface area contributed by atoms with Gasteiger partial charge in [-0.25, -0.2) is 4.39 Å². The summed E-state index contributed by atoms with van der Waals surface area (Å²) in [7, 11) is 0. The molecular formula is C14H20BrFN2. The predicted molar refractivity (Wildman–Crippen MR) is 76.1 cm³/mol. The van der Waals surface area contributed by atoms with Gasteiger partial charge in [0, 0.05) is 23.6 Å². The maximum atomic E-state index is 13.0. The van der Waals surface area contributed by atoms with E-state index in [2.05, 4.69) is 33.1 Å². The third kappa shape index (κ3) is 3.77. The van der Waals surface area contributed by atoms with Crippen molar-refractivity contribution in [3.63, 3.8) is 0 Å². The molecule has 0 radical (unpaired) electrons. The molecule has 1 saturated heterocycles. The van der Waals surface area contributed by atoms with Gasteiger partial charge < -0.3 is 5.32 Å². The van der Waals surface area contributed by atoms with Crippen molar-refractivity contribution in [2.45, 2.75) is 32.4 Å². The first-order valence-corrected chi connectivity index (χ1v) is 7.38. The number of hydrogen-bond donors (Lipinski definition) is 1. The molecule has 1 fully saturated rings. The Kier molecular flexibility index (Phi) is 5.15. The molecule has 1 unspecified atom stereocenters. The Labute approximate surface area is 117 Å². The SMILES string of the molecule is CCN(Cc1ccc(F)cc1Br)CC1CCCN1. The first-order valence-electron chi connectivity index (χ1n) is 6.58. The number of hydrogen-bond acceptors (Lipinski definition) is 2. The van der Waals surface area contributed by atoms with E-state index in [4.69, 9.17) is 0 Å². The third-order valence-corrected chi connectivity index (χ3v) is 4.24. The Hall–Kier alpha value is -0.450. The second kappa shape index (κ2) is 6.64. The predicted octanol–water partition coefficient (Wildman–Crippen LogP) is 3.16. The minimum Gasteiger partial charge on any atom is -0.313 e. The molecule has 18 heavy (non-hydrogen) atoms. The van der Waals surface area contributed by atoms with Gasteiger partial charge in [0.2, 0.25) is 0 Å². The van der Waals surface area contributed by atoms with E-state index in [1.165, 1.54) is 25.0 Å². The molecule has 1 aromatic carbocycles. The summed E-state index contributed by atoms with van der Waals surface area (Å²) < 4.78 is 13.9. The topological polar surface area (TPSA) is 15.3 Å². The first-order chi connectivity index (χ1) is 8.69. The third-order valence-electron chi connectivity index (χ3n) is 3.50. The molecule has 0 saturated carbocycles. The zero-order valence-corrected chi connectivity index (χ0v) is 12.3. The fourth-order valence-corrected chi connectivity index (χ4v) is 2.90. The van der Waals surface area contributed by atoms with Crippen LogP contribution in [0.2, 0.25) is 0 Å². The van der Waals surface area contributed by atoms with Crippen molar-refractivity contribution in [2.75, 3.05) is 19.6 Å². The van der Waals surface area contributed by atoms with Gasteiger partial charge in [0.1, 0.15) is 5.82 Å². The summed E-state index contributed by atoms with van der Waals surface area (Å²) in [6.07, 6.45) is 2.55. The molecule has 0 amide bonds. The zero-order valence-electron chi connectivity index (χ0n) is 10.8. The Morgan fingerprint density at radius 1 is 1.50 bits per heavy atom. The van der Waals surface area contributed by atoms with Crippen molar-refractivity contribution >= 4 is 15.9 Å². The van der Waals surface area contributed by atoms with Gasteiger partial charge in [-0.05, 0) is 43.6 Å². The van der Waals surface area contributed by atoms with Crippen LogP contribution in [-0.4, -0.2) is 30.6 Å². The average Bonchev–Trinajstić information content (AvgIpc) is 2.84. The Morgan fingerprint density at radius 3 is 2.94 bits per heavy atom. The molecule has 4 heteroatoms. The van der Waals surface area contributed by atoms with Gasteiger partial charge in [-0.3, -0.25) is 4.90 Å². The van der Waals surface area contributed by atoms with E-state index in [0.29, 0.717) is 6.04 Å². The second-order valence-corrected chi connectivity index (χ2v) is 5.71. The summed E-state index contributed by atoms with van der Waals surface area (Å²) in [5.74, 6) is -0.189. The summed E-state index contributed by atoms with van der Waals surface area (Å²) in [4.78, 5) is 2.40. The Balaban J connectivity index is 1.96. The lowest BCUT2D eigenvalue weighted by atomic mass is 10.1. The van der Waals surface area contributed by atoms with Crippen LogP contribution in [0, 0.1) is 5.82 Å². The van der Waals surface area contributed by atoms with Gasteiger partial charge in [0.15, 0.2) is 0 Å². The van der Waals surface area contributed by atoms with Crippen molar-refractivity contribution < 1.29 is 4.39 Å². The normalized spacial score (nSPS) is 19.7. The standard InChI is InChI=1S/C14H20BrFN2/c1-2-18(10-13-4-3-7-17-13)9-11-5-6-12(16)8-14(11)15/h5-6,8,13,17H,2-4,7,9-10H2,1H3. The summed E-state index contributed by atoms with van der Waals surface area (Å²) >= 11 is 3.44. The second-order valence-electron chi connectivity index (χ2n) is 4.86. The highest BCUT2D eigenvalue weighted by Gasteiger charge is 2.17. The largest absolute Gasteiger partial charge is 0.313 e. The molecule has 1 N–H and O–H groups in total. The molecule has 0 aliphatic carbocycles. The van der Waals surface area contributed by atoms with Crippen LogP contribution in [0.1, 0.15) is 25.3 Å². The van der Waals surface area contributed by atoms with Crippen LogP contribution < -0.4 is 5.32 Å². The molecule has 1 heterocycles. The quantitative estimate of drug-likeness (QED) is 0.898. The minimum absolute atomic E-state index is 0.189. The smallest absolute Gasteiger partial charge is 0.124 e. The molecule has 1 aromatic rings. The van der Waals surface area contributed by atoms with Gasteiger partial charge in [-0.15, -0.1) is 0 Å². The fraction of sp³-hybridized carbons (Fsp3) is 0.571. The highest BCUT2D eigenvalue weighted by atomic mass is 79.9. The van der Waals surface area contributed by atoms with Crippen LogP contribution in [0.3, 0.4) is 0 Å². The van der Waals surface area contributed by atoms with Crippen molar-refractivity contribution in [3.8, 4) is 0 Å². The van der Waals surface area contributed by atoms with Crippen LogP contribution in [0.4, 0.5) is 4.39 Å². The number of benzene rings is 1. The summed E-state index contributed by atoms with van der Waals surface area (Å²) in [6, 6.07) is 5.55. The molecule has 1 aliphatic rings. The summed E-state index contributed by atoms with van der Waals surface area (Å²) in [5.41, 5.74) is 1.15. The highest BCUT2D eigenvalue weighted by molar-refractivity contribution is 9.10. The molecule has 2 rings (SSSR count). The van der Waals surface area contributed by atoms with Gasteiger partial charge >= 0.3 is 0 Å². The van der Waals surface area contributed by atoms with Crippen LogP contribution in [0.5, 0.6) is 0 Å². The first kappa shape index (κ1) is 14.0. The van der Waals surface area contributed by atoms with Crippen LogP contribution in [0.15, 0.2) is 22.7 Å². The van der Waals surface area contributed by atoms with E-state index in [0.717, 1.165) is 36.2 Å². The van der Waals surface area contributed by atoms with Gasteiger partial charge in [-0.1, -0.05) is 28.9 Å². The minimum atomic E-state index is -0.189. The lowest BCUT2D eigenvalue weighted by Gasteiger charge is -2.24. The number of halogens is 2. The summed E-state index contributed by atoms with van der Waals surface area (Å²) in [6.45, 7) is 6.27. The van der Waals surface area contributed by atoms with Gasteiger partial charge in [0.05, 0.1) is 0 Å². The van der Waals surface area contributed by atoms with Crippen LogP contribution in [-0.2, 0) is 6.54 Å². The van der Waals surface area contributed by atoms with Crippen molar-refractivity contribution in [2.24, 2.45) is 0 Å². The van der Waals surface area contributed by atoms with Crippen LogP contribution in [0.25, 0.3) is 0 Å². The molecule has 0 spiro atoms. The maximum Gasteiger partial charge on any atom is 0.124 e. The lowest BCUT2D eigenvalue weighted by Crippen LogP contribution is -2.37. The molecule has 2 nitrogen and oxygen atoms in total. The molecule has 100 valence electrons. The van der Waals surface area contributed by atoms with Gasteiger partial charge in [-0.2, -0.15) is 0 Å².